The third-order valence-electron chi connectivity index (χ3n) is 4.24. The van der Waals surface area contributed by atoms with Gasteiger partial charge >= 0.3 is 5.69 Å². The van der Waals surface area contributed by atoms with Crippen LogP contribution in [0.2, 0.25) is 0 Å². The molecule has 0 bridgehead atoms. The first-order valence-electron chi connectivity index (χ1n) is 7.55. The number of rotatable bonds is 2. The van der Waals surface area contributed by atoms with E-state index >= 15 is 0 Å². The lowest BCUT2D eigenvalue weighted by Crippen LogP contribution is -2.23. The number of anilines is 1. The van der Waals surface area contributed by atoms with Crippen LogP contribution < -0.4 is 11.0 Å². The number of aromatic nitrogens is 4. The summed E-state index contributed by atoms with van der Waals surface area (Å²) in [7, 11) is 0. The van der Waals surface area contributed by atoms with Crippen molar-refractivity contribution in [3.05, 3.63) is 34.5 Å². The number of hydrogen-bond donors (Lipinski definition) is 2. The van der Waals surface area contributed by atoms with Gasteiger partial charge in [-0.05, 0) is 25.0 Å². The number of benzene rings is 1. The highest BCUT2D eigenvalue weighted by Gasteiger charge is 2.18. The fourth-order valence-electron chi connectivity index (χ4n) is 3.16. The van der Waals surface area contributed by atoms with E-state index in [9.17, 15) is 9.18 Å². The molecular formula is C15H16FN5O. The Morgan fingerprint density at radius 1 is 1.27 bits per heavy atom. The van der Waals surface area contributed by atoms with Crippen LogP contribution in [0.15, 0.2) is 23.0 Å². The highest BCUT2D eigenvalue weighted by molar-refractivity contribution is 5.82. The molecular weight excluding hydrogens is 285 g/mol. The zero-order chi connectivity index (χ0) is 15.1. The largest absolute Gasteiger partial charge is 0.364 e. The van der Waals surface area contributed by atoms with E-state index in [1.165, 1.54) is 35.8 Å². The fourth-order valence-corrected chi connectivity index (χ4v) is 3.16. The molecule has 0 atom stereocenters. The Morgan fingerprint density at radius 2 is 2.09 bits per heavy atom. The number of nitrogens with zero attached hydrogens (tertiary/aromatic N) is 3. The van der Waals surface area contributed by atoms with Crippen molar-refractivity contribution in [2.75, 3.05) is 5.32 Å². The van der Waals surface area contributed by atoms with E-state index in [-0.39, 0.29) is 5.69 Å². The van der Waals surface area contributed by atoms with Crippen molar-refractivity contribution >= 4 is 22.5 Å². The summed E-state index contributed by atoms with van der Waals surface area (Å²) >= 11 is 0. The average Bonchev–Trinajstić information content (AvgIpc) is 2.92. The third-order valence-corrected chi connectivity index (χ3v) is 4.24. The second-order valence-corrected chi connectivity index (χ2v) is 5.76. The molecule has 1 fully saturated rings. The van der Waals surface area contributed by atoms with Crippen molar-refractivity contribution in [3.8, 4) is 0 Å². The molecule has 1 aromatic carbocycles. The topological polar surface area (TPSA) is 75.1 Å². The summed E-state index contributed by atoms with van der Waals surface area (Å²) in [4.78, 5) is 16.5. The monoisotopic (exact) mass is 301 g/mol. The lowest BCUT2D eigenvalue weighted by atomic mass is 9.95. The van der Waals surface area contributed by atoms with Gasteiger partial charge in [-0.25, -0.2) is 23.7 Å². The summed E-state index contributed by atoms with van der Waals surface area (Å²) < 4.78 is 14.9. The maximum Gasteiger partial charge on any atom is 0.348 e. The van der Waals surface area contributed by atoms with E-state index in [2.05, 4.69) is 20.5 Å². The van der Waals surface area contributed by atoms with E-state index < -0.39 is 5.82 Å². The Balaban J connectivity index is 1.89. The molecule has 0 aliphatic heterocycles. The predicted molar refractivity (Wildman–Crippen MR) is 81.6 cm³/mol. The molecule has 0 amide bonds. The Labute approximate surface area is 125 Å². The van der Waals surface area contributed by atoms with Gasteiger partial charge in [0, 0.05) is 12.1 Å². The second kappa shape index (κ2) is 5.08. The van der Waals surface area contributed by atoms with Crippen molar-refractivity contribution < 1.29 is 4.39 Å². The number of fused-ring (bicyclic) bond motifs is 3. The maximum absolute atomic E-state index is 13.5. The lowest BCUT2D eigenvalue weighted by Gasteiger charge is -2.23. The number of hydrogen-bond acceptors (Lipinski definition) is 4. The highest BCUT2D eigenvalue weighted by atomic mass is 19.1. The normalized spacial score (nSPS) is 16.4. The van der Waals surface area contributed by atoms with Gasteiger partial charge in [0.2, 0.25) is 5.65 Å². The summed E-state index contributed by atoms with van der Waals surface area (Å²) in [6, 6.07) is 4.57. The first-order chi connectivity index (χ1) is 10.7. The standard InChI is InChI=1S/C15H16FN5O/c16-9-6-7-11-12(8-9)21-14(19-20-15(21)22)13(18-11)17-10-4-2-1-3-5-10/h6-8,10H,1-5H2,(H,17,18)(H,20,22). The molecule has 4 rings (SSSR count). The molecule has 2 aromatic heterocycles. The first-order valence-corrected chi connectivity index (χ1v) is 7.55. The number of H-pyrrole nitrogens is 1. The number of nitrogens with one attached hydrogen (secondary N) is 2. The summed E-state index contributed by atoms with van der Waals surface area (Å²) in [6.45, 7) is 0. The van der Waals surface area contributed by atoms with Crippen molar-refractivity contribution in [3.63, 3.8) is 0 Å². The van der Waals surface area contributed by atoms with E-state index in [1.54, 1.807) is 6.07 Å². The molecule has 0 spiro atoms. The molecule has 0 radical (unpaired) electrons. The van der Waals surface area contributed by atoms with Crippen LogP contribution in [0.4, 0.5) is 10.2 Å². The molecule has 1 saturated carbocycles. The van der Waals surface area contributed by atoms with Gasteiger partial charge in [-0.3, -0.25) is 0 Å². The molecule has 0 saturated heterocycles. The van der Waals surface area contributed by atoms with Crippen LogP contribution >= 0.6 is 0 Å². The van der Waals surface area contributed by atoms with Gasteiger partial charge in [-0.15, -0.1) is 5.10 Å². The minimum absolute atomic E-state index is 0.342. The highest BCUT2D eigenvalue weighted by Crippen LogP contribution is 2.24. The second-order valence-electron chi connectivity index (χ2n) is 5.76. The zero-order valence-electron chi connectivity index (χ0n) is 12.0. The van der Waals surface area contributed by atoms with Crippen LogP contribution in [0.5, 0.6) is 0 Å². The Bertz CT molecular complexity index is 894. The summed E-state index contributed by atoms with van der Waals surface area (Å²) in [6.07, 6.45) is 5.83. The zero-order valence-corrected chi connectivity index (χ0v) is 12.0. The smallest absolute Gasteiger partial charge is 0.348 e. The molecule has 6 nitrogen and oxygen atoms in total. The average molecular weight is 301 g/mol. The SMILES string of the molecule is O=c1[nH]nc2c(NC3CCCCC3)nc3ccc(F)cc3n12. The van der Waals surface area contributed by atoms with Gasteiger partial charge in [0.1, 0.15) is 5.82 Å². The van der Waals surface area contributed by atoms with Crippen molar-refractivity contribution in [1.82, 2.24) is 19.6 Å². The quantitative estimate of drug-likeness (QED) is 0.762. The molecule has 0 unspecified atom stereocenters. The Kier molecular flexibility index (Phi) is 3.06. The van der Waals surface area contributed by atoms with Gasteiger partial charge in [0.25, 0.3) is 0 Å². The summed E-state index contributed by atoms with van der Waals surface area (Å²) in [5.41, 5.74) is 1.01. The van der Waals surface area contributed by atoms with Crippen LogP contribution in [-0.2, 0) is 0 Å². The van der Waals surface area contributed by atoms with Crippen LogP contribution in [0, 0.1) is 5.82 Å². The van der Waals surface area contributed by atoms with Crippen molar-refractivity contribution in [1.29, 1.82) is 0 Å². The van der Waals surface area contributed by atoms with E-state index in [0.29, 0.717) is 28.5 Å². The van der Waals surface area contributed by atoms with Crippen molar-refractivity contribution in [2.24, 2.45) is 0 Å². The number of aromatic amines is 1. The molecule has 3 aromatic rings. The predicted octanol–water partition coefficient (Wildman–Crippen LogP) is 2.45. The van der Waals surface area contributed by atoms with Gasteiger partial charge in [-0.2, -0.15) is 0 Å². The maximum atomic E-state index is 13.5. The van der Waals surface area contributed by atoms with Crippen LogP contribution in [0.3, 0.4) is 0 Å². The van der Waals surface area contributed by atoms with Crippen LogP contribution in [0.25, 0.3) is 16.7 Å². The first kappa shape index (κ1) is 13.2. The summed E-state index contributed by atoms with van der Waals surface area (Å²) in [5, 5.41) is 9.86. The van der Waals surface area contributed by atoms with Gasteiger partial charge < -0.3 is 5.32 Å². The molecule has 22 heavy (non-hydrogen) atoms. The Hall–Kier alpha value is -2.44. The van der Waals surface area contributed by atoms with Gasteiger partial charge in [-0.1, -0.05) is 19.3 Å². The summed E-state index contributed by atoms with van der Waals surface area (Å²) in [5.74, 6) is 0.168. The lowest BCUT2D eigenvalue weighted by molar-refractivity contribution is 0.462. The fraction of sp³-hybridized carbons (Fsp3) is 0.400. The molecule has 1 aliphatic rings. The Morgan fingerprint density at radius 3 is 2.91 bits per heavy atom. The van der Waals surface area contributed by atoms with Crippen LogP contribution in [-0.4, -0.2) is 25.6 Å². The molecule has 2 heterocycles. The third kappa shape index (κ3) is 2.13. The number of halogens is 1. The molecule has 1 aliphatic carbocycles. The van der Waals surface area contributed by atoms with Crippen molar-refractivity contribution in [2.45, 2.75) is 38.1 Å². The van der Waals surface area contributed by atoms with E-state index in [4.69, 9.17) is 0 Å². The van der Waals surface area contributed by atoms with E-state index in [1.807, 2.05) is 0 Å². The van der Waals surface area contributed by atoms with Gasteiger partial charge in [0.05, 0.1) is 11.0 Å². The van der Waals surface area contributed by atoms with Gasteiger partial charge in [0.15, 0.2) is 5.82 Å². The van der Waals surface area contributed by atoms with E-state index in [0.717, 1.165) is 12.8 Å². The minimum Gasteiger partial charge on any atom is -0.364 e. The minimum atomic E-state index is -0.406. The molecule has 2 N–H and O–H groups in total. The van der Waals surface area contributed by atoms with Crippen LogP contribution in [0.1, 0.15) is 32.1 Å². The molecule has 7 heteroatoms. The molecule has 114 valence electrons.